The van der Waals surface area contributed by atoms with Gasteiger partial charge in [-0.1, -0.05) is 11.6 Å². The molecule has 1 fully saturated rings. The Morgan fingerprint density at radius 2 is 1.90 bits per heavy atom. The van der Waals surface area contributed by atoms with Crippen LogP contribution in [0.25, 0.3) is 0 Å². The molecule has 0 aromatic heterocycles. The van der Waals surface area contributed by atoms with Crippen molar-refractivity contribution in [1.82, 2.24) is 4.90 Å². The number of likely N-dealkylation sites (tertiary alicyclic amines) is 1. The van der Waals surface area contributed by atoms with Crippen LogP contribution < -0.4 is 19.9 Å². The predicted octanol–water partition coefficient (Wildman–Crippen LogP) is 2.85. The Bertz CT molecular complexity index is 918. The van der Waals surface area contributed by atoms with Crippen molar-refractivity contribution in [3.63, 3.8) is 0 Å². The van der Waals surface area contributed by atoms with Gasteiger partial charge in [0.05, 0.1) is 0 Å². The number of amides is 2. The number of hydrogen-bond donors (Lipinski definition) is 1. The van der Waals surface area contributed by atoms with Gasteiger partial charge in [-0.15, -0.1) is 0 Å². The number of piperidine rings is 1. The minimum Gasteiger partial charge on any atom is -0.490 e. The third-order valence-electron chi connectivity index (χ3n) is 5.14. The van der Waals surface area contributed by atoms with Gasteiger partial charge in [-0.3, -0.25) is 9.59 Å². The third-order valence-corrected chi connectivity index (χ3v) is 5.39. The highest BCUT2D eigenvalue weighted by molar-refractivity contribution is 6.30. The van der Waals surface area contributed by atoms with Gasteiger partial charge in [0.1, 0.15) is 11.9 Å². The average molecular weight is 417 g/mol. The van der Waals surface area contributed by atoms with Crippen LogP contribution in [-0.2, 0) is 4.79 Å². The fourth-order valence-corrected chi connectivity index (χ4v) is 3.83. The van der Waals surface area contributed by atoms with Crippen molar-refractivity contribution in [3.05, 3.63) is 53.1 Å². The van der Waals surface area contributed by atoms with E-state index in [0.717, 1.165) is 0 Å². The van der Waals surface area contributed by atoms with Crippen molar-refractivity contribution in [2.75, 3.05) is 19.9 Å². The molecule has 2 aromatic rings. The standard InChI is InChI=1S/C21H21ClN2O5/c22-15-2-4-16(5-3-15)29-17-7-8-24(11-14(17)10-20(23)25)21(26)13-1-6-18-19(9-13)28-12-27-18/h1-6,9,14,17H,7-8,10-12H2,(H2,23,25)/t14-,17-/m0/s1. The van der Waals surface area contributed by atoms with Gasteiger partial charge in [-0.25, -0.2) is 0 Å². The molecule has 152 valence electrons. The van der Waals surface area contributed by atoms with E-state index in [1.54, 1.807) is 47.4 Å². The Balaban J connectivity index is 1.47. The van der Waals surface area contributed by atoms with Gasteiger partial charge in [-0.05, 0) is 42.5 Å². The monoisotopic (exact) mass is 416 g/mol. The third kappa shape index (κ3) is 4.40. The van der Waals surface area contributed by atoms with E-state index < -0.39 is 5.91 Å². The Hall–Kier alpha value is -2.93. The molecule has 0 aliphatic carbocycles. The van der Waals surface area contributed by atoms with E-state index >= 15 is 0 Å². The van der Waals surface area contributed by atoms with Gasteiger partial charge in [0.15, 0.2) is 11.5 Å². The van der Waals surface area contributed by atoms with Crippen molar-refractivity contribution in [1.29, 1.82) is 0 Å². The number of nitrogens with zero attached hydrogens (tertiary/aromatic N) is 1. The first kappa shape index (κ1) is 19.4. The van der Waals surface area contributed by atoms with Gasteiger partial charge >= 0.3 is 0 Å². The second kappa shape index (κ2) is 8.21. The van der Waals surface area contributed by atoms with Crippen LogP contribution in [0.15, 0.2) is 42.5 Å². The van der Waals surface area contributed by atoms with Crippen LogP contribution in [0.4, 0.5) is 0 Å². The molecule has 2 heterocycles. The zero-order valence-corrected chi connectivity index (χ0v) is 16.4. The van der Waals surface area contributed by atoms with Crippen LogP contribution in [0.1, 0.15) is 23.2 Å². The highest BCUT2D eigenvalue weighted by atomic mass is 35.5. The number of hydrogen-bond acceptors (Lipinski definition) is 5. The average Bonchev–Trinajstić information content (AvgIpc) is 3.18. The molecule has 8 heteroatoms. The summed E-state index contributed by atoms with van der Waals surface area (Å²) in [5.41, 5.74) is 5.96. The lowest BCUT2D eigenvalue weighted by molar-refractivity contribution is -0.120. The SMILES string of the molecule is NC(=O)C[C@H]1CN(C(=O)c2ccc3c(c2)OCO3)CC[C@@H]1Oc1ccc(Cl)cc1. The Morgan fingerprint density at radius 3 is 2.66 bits per heavy atom. The number of carbonyl (C=O) groups excluding carboxylic acids is 2. The Morgan fingerprint density at radius 1 is 1.14 bits per heavy atom. The zero-order chi connectivity index (χ0) is 20.4. The molecule has 0 spiro atoms. The number of nitrogens with two attached hydrogens (primary N) is 1. The molecule has 2 aliphatic heterocycles. The van der Waals surface area contributed by atoms with E-state index in [4.69, 9.17) is 31.5 Å². The maximum atomic E-state index is 13.0. The Labute approximate surface area is 173 Å². The largest absolute Gasteiger partial charge is 0.490 e. The molecular formula is C21H21ClN2O5. The summed E-state index contributed by atoms with van der Waals surface area (Å²) in [5, 5.41) is 0.621. The fraction of sp³-hybridized carbons (Fsp3) is 0.333. The summed E-state index contributed by atoms with van der Waals surface area (Å²) in [6, 6.07) is 12.2. The summed E-state index contributed by atoms with van der Waals surface area (Å²) in [6.45, 7) is 1.05. The van der Waals surface area contributed by atoms with Crippen LogP contribution in [0.5, 0.6) is 17.2 Å². The van der Waals surface area contributed by atoms with Crippen LogP contribution in [0.2, 0.25) is 5.02 Å². The molecule has 2 N–H and O–H groups in total. The van der Waals surface area contributed by atoms with E-state index in [2.05, 4.69) is 0 Å². The number of primary amides is 1. The molecule has 7 nitrogen and oxygen atoms in total. The van der Waals surface area contributed by atoms with Gasteiger partial charge in [-0.2, -0.15) is 0 Å². The van der Waals surface area contributed by atoms with E-state index in [1.165, 1.54) is 0 Å². The minimum absolute atomic E-state index is 0.122. The van der Waals surface area contributed by atoms with Crippen LogP contribution in [-0.4, -0.2) is 42.7 Å². The van der Waals surface area contributed by atoms with Gasteiger partial charge < -0.3 is 24.8 Å². The number of benzene rings is 2. The summed E-state index contributed by atoms with van der Waals surface area (Å²) >= 11 is 5.92. The second-order valence-electron chi connectivity index (χ2n) is 7.15. The number of carbonyl (C=O) groups is 2. The first-order valence-corrected chi connectivity index (χ1v) is 9.77. The van der Waals surface area contributed by atoms with E-state index in [9.17, 15) is 9.59 Å². The van der Waals surface area contributed by atoms with E-state index in [1.807, 2.05) is 0 Å². The molecule has 0 radical (unpaired) electrons. The van der Waals surface area contributed by atoms with Crippen molar-refractivity contribution >= 4 is 23.4 Å². The van der Waals surface area contributed by atoms with Gasteiger partial charge in [0.2, 0.25) is 12.7 Å². The van der Waals surface area contributed by atoms with Gasteiger partial charge in [0.25, 0.3) is 5.91 Å². The van der Waals surface area contributed by atoms with Crippen molar-refractivity contribution in [2.45, 2.75) is 18.9 Å². The lowest BCUT2D eigenvalue weighted by Gasteiger charge is -2.38. The molecule has 2 aromatic carbocycles. The maximum absolute atomic E-state index is 13.0. The van der Waals surface area contributed by atoms with Crippen molar-refractivity contribution in [2.24, 2.45) is 11.7 Å². The number of ether oxygens (including phenoxy) is 3. The molecular weight excluding hydrogens is 396 g/mol. The van der Waals surface area contributed by atoms with Crippen molar-refractivity contribution in [3.8, 4) is 17.2 Å². The zero-order valence-electron chi connectivity index (χ0n) is 15.7. The molecule has 0 unspecified atom stereocenters. The molecule has 2 aliphatic rings. The normalized spacial score (nSPS) is 20.4. The van der Waals surface area contributed by atoms with Gasteiger partial charge in [0, 0.05) is 42.4 Å². The number of fused-ring (bicyclic) bond motifs is 1. The topological polar surface area (TPSA) is 91.1 Å². The van der Waals surface area contributed by atoms with Crippen LogP contribution in [0.3, 0.4) is 0 Å². The minimum atomic E-state index is -0.419. The molecule has 0 bridgehead atoms. The quantitative estimate of drug-likeness (QED) is 0.809. The summed E-state index contributed by atoms with van der Waals surface area (Å²) in [4.78, 5) is 26.3. The van der Waals surface area contributed by atoms with Crippen LogP contribution >= 0.6 is 11.6 Å². The second-order valence-corrected chi connectivity index (χ2v) is 7.59. The van der Waals surface area contributed by atoms with Crippen molar-refractivity contribution < 1.29 is 23.8 Å². The van der Waals surface area contributed by atoms with E-state index in [0.29, 0.717) is 47.3 Å². The molecule has 2 atom stereocenters. The molecule has 1 saturated heterocycles. The fourth-order valence-electron chi connectivity index (χ4n) is 3.70. The molecule has 0 saturated carbocycles. The Kier molecular flexibility index (Phi) is 5.49. The maximum Gasteiger partial charge on any atom is 0.254 e. The lowest BCUT2D eigenvalue weighted by Crippen LogP contribution is -2.49. The summed E-state index contributed by atoms with van der Waals surface area (Å²) in [7, 11) is 0. The predicted molar refractivity (Wildman–Crippen MR) is 106 cm³/mol. The first-order valence-electron chi connectivity index (χ1n) is 9.39. The molecule has 2 amide bonds. The summed E-state index contributed by atoms with van der Waals surface area (Å²) in [5.74, 6) is 1.12. The summed E-state index contributed by atoms with van der Waals surface area (Å²) in [6.07, 6.45) is 0.518. The molecule has 4 rings (SSSR count). The lowest BCUT2D eigenvalue weighted by atomic mass is 9.90. The molecule has 29 heavy (non-hydrogen) atoms. The number of halogens is 1. The smallest absolute Gasteiger partial charge is 0.254 e. The summed E-state index contributed by atoms with van der Waals surface area (Å²) < 4.78 is 16.7. The first-order chi connectivity index (χ1) is 14.0. The number of rotatable bonds is 5. The van der Waals surface area contributed by atoms with E-state index in [-0.39, 0.29) is 31.1 Å². The highest BCUT2D eigenvalue weighted by Crippen LogP contribution is 2.33. The van der Waals surface area contributed by atoms with Crippen LogP contribution in [0, 0.1) is 5.92 Å². The highest BCUT2D eigenvalue weighted by Gasteiger charge is 2.34.